The van der Waals surface area contributed by atoms with Crippen LogP contribution in [-0.2, 0) is 9.53 Å². The van der Waals surface area contributed by atoms with Crippen LogP contribution >= 0.6 is 0 Å². The highest BCUT2D eigenvalue weighted by Gasteiger charge is 2.24. The number of carbonyl (C=O) groups is 1. The molecular formula is C21H32N2O3. The zero-order valence-corrected chi connectivity index (χ0v) is 15.9. The lowest BCUT2D eigenvalue weighted by Crippen LogP contribution is -2.41. The predicted molar refractivity (Wildman–Crippen MR) is 102 cm³/mol. The SMILES string of the molecule is COc1cccc(C(CNC(=O)CC2CCCCO2)N2CCCCC2)c1. The van der Waals surface area contributed by atoms with E-state index in [1.807, 2.05) is 12.1 Å². The first-order valence-corrected chi connectivity index (χ1v) is 10.0. The standard InChI is InChI=1S/C21H32N2O3/c1-25-18-10-7-8-17(14-18)20(23-11-4-2-5-12-23)16-22-21(24)15-19-9-3-6-13-26-19/h7-8,10,14,19-20H,2-6,9,11-13,15-16H2,1H3,(H,22,24). The van der Waals surface area contributed by atoms with Gasteiger partial charge in [-0.05, 0) is 62.9 Å². The molecule has 26 heavy (non-hydrogen) atoms. The Kier molecular flexibility index (Phi) is 7.32. The maximum atomic E-state index is 12.4. The molecule has 144 valence electrons. The quantitative estimate of drug-likeness (QED) is 0.811. The Bertz CT molecular complexity index is 566. The molecule has 0 bridgehead atoms. The zero-order chi connectivity index (χ0) is 18.2. The molecule has 1 aromatic rings. The summed E-state index contributed by atoms with van der Waals surface area (Å²) in [6.45, 7) is 3.60. The average Bonchev–Trinajstić information content (AvgIpc) is 2.70. The first kappa shape index (κ1) is 19.2. The van der Waals surface area contributed by atoms with Crippen LogP contribution in [0, 0.1) is 0 Å². The predicted octanol–water partition coefficient (Wildman–Crippen LogP) is 3.30. The molecule has 2 atom stereocenters. The Morgan fingerprint density at radius 1 is 1.27 bits per heavy atom. The number of hydrogen-bond acceptors (Lipinski definition) is 4. The molecular weight excluding hydrogens is 328 g/mol. The van der Waals surface area contributed by atoms with E-state index in [0.717, 1.165) is 44.7 Å². The van der Waals surface area contributed by atoms with Gasteiger partial charge in [-0.3, -0.25) is 9.69 Å². The monoisotopic (exact) mass is 360 g/mol. The van der Waals surface area contributed by atoms with Gasteiger partial charge < -0.3 is 14.8 Å². The summed E-state index contributed by atoms with van der Waals surface area (Å²) in [6, 6.07) is 8.42. The first-order valence-electron chi connectivity index (χ1n) is 10.0. The molecule has 2 fully saturated rings. The molecule has 5 heteroatoms. The highest BCUT2D eigenvalue weighted by Crippen LogP contribution is 2.27. The van der Waals surface area contributed by atoms with Gasteiger partial charge in [0.15, 0.2) is 0 Å². The lowest BCUT2D eigenvalue weighted by atomic mass is 10.0. The second kappa shape index (κ2) is 9.93. The van der Waals surface area contributed by atoms with Crippen LogP contribution in [0.3, 0.4) is 0 Å². The smallest absolute Gasteiger partial charge is 0.222 e. The summed E-state index contributed by atoms with van der Waals surface area (Å²) in [5, 5.41) is 3.16. The molecule has 0 aromatic heterocycles. The molecule has 1 amide bonds. The Morgan fingerprint density at radius 3 is 2.85 bits per heavy atom. The van der Waals surface area contributed by atoms with E-state index >= 15 is 0 Å². The third-order valence-electron chi connectivity index (χ3n) is 5.49. The normalized spacial score (nSPS) is 22.6. The van der Waals surface area contributed by atoms with Crippen LogP contribution in [0.2, 0.25) is 0 Å². The van der Waals surface area contributed by atoms with E-state index in [-0.39, 0.29) is 18.1 Å². The summed E-state index contributed by atoms with van der Waals surface area (Å²) in [7, 11) is 1.70. The fourth-order valence-electron chi connectivity index (χ4n) is 3.99. The van der Waals surface area contributed by atoms with Crippen molar-refractivity contribution in [3.05, 3.63) is 29.8 Å². The van der Waals surface area contributed by atoms with E-state index in [9.17, 15) is 4.79 Å². The van der Waals surface area contributed by atoms with Crippen molar-refractivity contribution < 1.29 is 14.3 Å². The van der Waals surface area contributed by atoms with Crippen molar-refractivity contribution in [3.8, 4) is 5.75 Å². The van der Waals surface area contributed by atoms with Crippen LogP contribution in [0.25, 0.3) is 0 Å². The molecule has 0 radical (unpaired) electrons. The molecule has 5 nitrogen and oxygen atoms in total. The van der Waals surface area contributed by atoms with Gasteiger partial charge in [0.1, 0.15) is 5.75 Å². The molecule has 2 aliphatic heterocycles. The van der Waals surface area contributed by atoms with Gasteiger partial charge in [-0.1, -0.05) is 18.6 Å². The van der Waals surface area contributed by atoms with Crippen LogP contribution in [0.4, 0.5) is 0 Å². The number of piperidine rings is 1. The average molecular weight is 360 g/mol. The Balaban J connectivity index is 1.62. The van der Waals surface area contributed by atoms with Crippen molar-refractivity contribution in [2.45, 2.75) is 57.1 Å². The maximum Gasteiger partial charge on any atom is 0.222 e. The largest absolute Gasteiger partial charge is 0.497 e. The maximum absolute atomic E-state index is 12.4. The van der Waals surface area contributed by atoms with E-state index in [4.69, 9.17) is 9.47 Å². The van der Waals surface area contributed by atoms with Crippen LogP contribution in [-0.4, -0.2) is 50.3 Å². The molecule has 1 aromatic carbocycles. The van der Waals surface area contributed by atoms with Crippen molar-refractivity contribution in [2.24, 2.45) is 0 Å². The topological polar surface area (TPSA) is 50.8 Å². The summed E-state index contributed by atoms with van der Waals surface area (Å²) in [5.74, 6) is 0.966. The molecule has 2 unspecified atom stereocenters. The molecule has 2 aliphatic rings. The summed E-state index contributed by atoms with van der Waals surface area (Å²) in [6.07, 6.45) is 7.60. The third-order valence-corrected chi connectivity index (χ3v) is 5.49. The molecule has 2 saturated heterocycles. The summed E-state index contributed by atoms with van der Waals surface area (Å²) in [4.78, 5) is 14.9. The summed E-state index contributed by atoms with van der Waals surface area (Å²) >= 11 is 0. The Hall–Kier alpha value is -1.59. The summed E-state index contributed by atoms with van der Waals surface area (Å²) in [5.41, 5.74) is 1.21. The molecule has 0 saturated carbocycles. The van der Waals surface area contributed by atoms with Crippen molar-refractivity contribution in [2.75, 3.05) is 33.4 Å². The van der Waals surface area contributed by atoms with Gasteiger partial charge >= 0.3 is 0 Å². The van der Waals surface area contributed by atoms with Gasteiger partial charge in [-0.25, -0.2) is 0 Å². The highest BCUT2D eigenvalue weighted by atomic mass is 16.5. The zero-order valence-electron chi connectivity index (χ0n) is 15.9. The van der Waals surface area contributed by atoms with Crippen molar-refractivity contribution >= 4 is 5.91 Å². The lowest BCUT2D eigenvalue weighted by Gasteiger charge is -2.35. The molecule has 3 rings (SSSR count). The first-order chi connectivity index (χ1) is 12.8. The molecule has 2 heterocycles. The minimum atomic E-state index is 0.0917. The second-order valence-electron chi connectivity index (χ2n) is 7.39. The number of methoxy groups -OCH3 is 1. The number of amides is 1. The van der Waals surface area contributed by atoms with Crippen LogP contribution in [0.1, 0.15) is 56.6 Å². The number of hydrogen-bond donors (Lipinski definition) is 1. The number of rotatable bonds is 7. The van der Waals surface area contributed by atoms with E-state index in [2.05, 4.69) is 22.3 Å². The van der Waals surface area contributed by atoms with E-state index < -0.39 is 0 Å². The van der Waals surface area contributed by atoms with Gasteiger partial charge in [0.25, 0.3) is 0 Å². The van der Waals surface area contributed by atoms with Crippen molar-refractivity contribution in [3.63, 3.8) is 0 Å². The number of carbonyl (C=O) groups excluding carboxylic acids is 1. The van der Waals surface area contributed by atoms with Crippen LogP contribution in [0.15, 0.2) is 24.3 Å². The molecule has 0 spiro atoms. The van der Waals surface area contributed by atoms with Crippen molar-refractivity contribution in [1.82, 2.24) is 10.2 Å². The number of ether oxygens (including phenoxy) is 2. The fraction of sp³-hybridized carbons (Fsp3) is 0.667. The van der Waals surface area contributed by atoms with Crippen LogP contribution in [0.5, 0.6) is 5.75 Å². The fourth-order valence-corrected chi connectivity index (χ4v) is 3.99. The third kappa shape index (κ3) is 5.45. The van der Waals surface area contributed by atoms with Crippen molar-refractivity contribution in [1.29, 1.82) is 0 Å². The van der Waals surface area contributed by atoms with Gasteiger partial charge in [-0.15, -0.1) is 0 Å². The minimum Gasteiger partial charge on any atom is -0.497 e. The van der Waals surface area contributed by atoms with Crippen LogP contribution < -0.4 is 10.1 Å². The van der Waals surface area contributed by atoms with Gasteiger partial charge in [0.2, 0.25) is 5.91 Å². The van der Waals surface area contributed by atoms with E-state index in [1.54, 1.807) is 7.11 Å². The summed E-state index contributed by atoms with van der Waals surface area (Å²) < 4.78 is 11.1. The van der Waals surface area contributed by atoms with Gasteiger partial charge in [-0.2, -0.15) is 0 Å². The highest BCUT2D eigenvalue weighted by molar-refractivity contribution is 5.76. The minimum absolute atomic E-state index is 0.0917. The van der Waals surface area contributed by atoms with E-state index in [1.165, 1.54) is 24.8 Å². The Labute approximate surface area is 157 Å². The second-order valence-corrected chi connectivity index (χ2v) is 7.39. The number of benzene rings is 1. The van der Waals surface area contributed by atoms with E-state index in [0.29, 0.717) is 13.0 Å². The number of nitrogens with one attached hydrogen (secondary N) is 1. The molecule has 1 N–H and O–H groups in total. The van der Waals surface area contributed by atoms with Gasteiger partial charge in [0, 0.05) is 13.2 Å². The number of likely N-dealkylation sites (tertiary alicyclic amines) is 1. The Morgan fingerprint density at radius 2 is 2.12 bits per heavy atom. The molecule has 0 aliphatic carbocycles. The lowest BCUT2D eigenvalue weighted by molar-refractivity contribution is -0.125. The van der Waals surface area contributed by atoms with Gasteiger partial charge in [0.05, 0.1) is 25.7 Å². The number of nitrogens with zero attached hydrogens (tertiary/aromatic N) is 1.